The van der Waals surface area contributed by atoms with Crippen LogP contribution < -0.4 is 5.43 Å². The molecule has 1 rings (SSSR count). The molecule has 0 bridgehead atoms. The van der Waals surface area contributed by atoms with Crippen LogP contribution in [0.2, 0.25) is 0 Å². The quantitative estimate of drug-likeness (QED) is 0.579. The lowest BCUT2D eigenvalue weighted by atomic mass is 10.2. The lowest BCUT2D eigenvalue weighted by Crippen LogP contribution is -2.22. The van der Waals surface area contributed by atoms with Gasteiger partial charge in [0.15, 0.2) is 0 Å². The maximum absolute atomic E-state index is 10.6. The summed E-state index contributed by atoms with van der Waals surface area (Å²) in [5.74, 6) is -0.474. The molecule has 1 heterocycles. The van der Waals surface area contributed by atoms with E-state index in [2.05, 4.69) is 10.5 Å². The molecule has 5 nitrogen and oxygen atoms in total. The van der Waals surface area contributed by atoms with E-state index in [1.807, 2.05) is 0 Å². The number of hydrogen-bond donors (Lipinski definition) is 2. The summed E-state index contributed by atoms with van der Waals surface area (Å²) < 4.78 is 5.21. The summed E-state index contributed by atoms with van der Waals surface area (Å²) in [6, 6.07) is 0. The van der Waals surface area contributed by atoms with Crippen LogP contribution >= 0.6 is 0 Å². The Balaban J connectivity index is 2.34. The molecule has 0 aromatic carbocycles. The topological polar surface area (TPSA) is 70.9 Å². The second-order valence-corrected chi connectivity index (χ2v) is 2.84. The first kappa shape index (κ1) is 10.1. The fourth-order valence-electron chi connectivity index (χ4n) is 1.08. The van der Waals surface area contributed by atoms with Crippen LogP contribution in [0.25, 0.3) is 0 Å². The minimum absolute atomic E-state index is 0.474. The van der Waals surface area contributed by atoms with Gasteiger partial charge in [-0.15, -0.1) is 0 Å². The largest absolute Gasteiger partial charge is 0.386 e. The number of carbonyl (C=O) groups excluding carboxylic acids is 1. The number of aliphatic hydroxyl groups excluding tert-OH is 1. The molecule has 1 fully saturated rings. The Labute approximate surface area is 76.8 Å². The molecule has 0 spiro atoms. The summed E-state index contributed by atoms with van der Waals surface area (Å²) >= 11 is 0. The Morgan fingerprint density at radius 2 is 2.38 bits per heavy atom. The summed E-state index contributed by atoms with van der Waals surface area (Å²) in [4.78, 5) is 10.6. The molecule has 0 atom stereocenters. The fourth-order valence-corrected chi connectivity index (χ4v) is 1.08. The molecule has 0 aliphatic carbocycles. The fraction of sp³-hybridized carbons (Fsp3) is 0.750. The molecular weight excluding hydrogens is 172 g/mol. The van der Waals surface area contributed by atoms with E-state index >= 15 is 0 Å². The average molecular weight is 186 g/mol. The van der Waals surface area contributed by atoms with Crippen molar-refractivity contribution in [3.05, 3.63) is 0 Å². The van der Waals surface area contributed by atoms with Crippen LogP contribution in [0.5, 0.6) is 0 Å². The van der Waals surface area contributed by atoms with E-state index in [0.717, 1.165) is 31.6 Å². The SMILES string of the molecule is O=C(CO)N/N=C1\CCCOCC1. The number of ether oxygens (including phenoxy) is 1. The highest BCUT2D eigenvalue weighted by molar-refractivity contribution is 5.86. The van der Waals surface area contributed by atoms with Crippen molar-refractivity contribution >= 4 is 11.6 Å². The zero-order valence-electron chi connectivity index (χ0n) is 7.45. The minimum Gasteiger partial charge on any atom is -0.386 e. The third-order valence-electron chi connectivity index (χ3n) is 1.77. The predicted octanol–water partition coefficient (Wildman–Crippen LogP) is -0.349. The Morgan fingerprint density at radius 1 is 1.54 bits per heavy atom. The van der Waals surface area contributed by atoms with Gasteiger partial charge in [0.2, 0.25) is 0 Å². The number of hydrazone groups is 1. The highest BCUT2D eigenvalue weighted by Crippen LogP contribution is 2.03. The number of aliphatic hydroxyl groups is 1. The van der Waals surface area contributed by atoms with E-state index in [1.165, 1.54) is 0 Å². The van der Waals surface area contributed by atoms with Gasteiger partial charge in [-0.2, -0.15) is 5.10 Å². The zero-order chi connectivity index (χ0) is 9.52. The minimum atomic E-state index is -0.521. The van der Waals surface area contributed by atoms with Gasteiger partial charge in [-0.25, -0.2) is 5.43 Å². The monoisotopic (exact) mass is 186 g/mol. The van der Waals surface area contributed by atoms with Crippen LogP contribution in [-0.2, 0) is 9.53 Å². The molecule has 1 saturated heterocycles. The van der Waals surface area contributed by atoms with Gasteiger partial charge in [0, 0.05) is 18.7 Å². The summed E-state index contributed by atoms with van der Waals surface area (Å²) in [7, 11) is 0. The normalized spacial score (nSPS) is 21.2. The van der Waals surface area contributed by atoms with Gasteiger partial charge >= 0.3 is 0 Å². The van der Waals surface area contributed by atoms with Gasteiger partial charge in [0.25, 0.3) is 5.91 Å². The van der Waals surface area contributed by atoms with Crippen molar-refractivity contribution in [3.63, 3.8) is 0 Å². The van der Waals surface area contributed by atoms with Gasteiger partial charge < -0.3 is 9.84 Å². The van der Waals surface area contributed by atoms with Crippen molar-refractivity contribution in [3.8, 4) is 0 Å². The average Bonchev–Trinajstić information content (AvgIpc) is 2.42. The van der Waals surface area contributed by atoms with Crippen LogP contribution in [0.15, 0.2) is 5.10 Å². The summed E-state index contributed by atoms with van der Waals surface area (Å²) in [5, 5.41) is 12.3. The first-order valence-electron chi connectivity index (χ1n) is 4.36. The number of amides is 1. The Morgan fingerprint density at radius 3 is 3.15 bits per heavy atom. The van der Waals surface area contributed by atoms with E-state index in [-0.39, 0.29) is 0 Å². The van der Waals surface area contributed by atoms with Crippen LogP contribution in [0.1, 0.15) is 19.3 Å². The summed E-state index contributed by atoms with van der Waals surface area (Å²) in [6.45, 7) is 0.897. The number of hydrogen-bond acceptors (Lipinski definition) is 4. The van der Waals surface area contributed by atoms with Crippen LogP contribution in [-0.4, -0.2) is 36.5 Å². The standard InChI is InChI=1S/C8H14N2O3/c11-6-8(12)10-9-7-2-1-4-13-5-3-7/h11H,1-6H2,(H,10,12)/b9-7+. The van der Waals surface area contributed by atoms with Crippen LogP contribution in [0.3, 0.4) is 0 Å². The van der Waals surface area contributed by atoms with E-state index < -0.39 is 12.5 Å². The Hall–Kier alpha value is -0.940. The van der Waals surface area contributed by atoms with E-state index in [4.69, 9.17) is 9.84 Å². The maximum atomic E-state index is 10.6. The number of nitrogens with zero attached hydrogens (tertiary/aromatic N) is 1. The first-order chi connectivity index (χ1) is 6.33. The molecule has 0 aromatic heterocycles. The molecule has 13 heavy (non-hydrogen) atoms. The molecule has 1 aliphatic heterocycles. The van der Waals surface area contributed by atoms with E-state index in [9.17, 15) is 4.79 Å². The van der Waals surface area contributed by atoms with Crippen molar-refractivity contribution in [1.82, 2.24) is 5.43 Å². The molecule has 0 aromatic rings. The van der Waals surface area contributed by atoms with Crippen molar-refractivity contribution in [2.45, 2.75) is 19.3 Å². The molecule has 0 unspecified atom stereocenters. The van der Waals surface area contributed by atoms with Crippen molar-refractivity contribution < 1.29 is 14.6 Å². The van der Waals surface area contributed by atoms with Gasteiger partial charge in [-0.1, -0.05) is 0 Å². The van der Waals surface area contributed by atoms with Crippen molar-refractivity contribution in [1.29, 1.82) is 0 Å². The first-order valence-corrected chi connectivity index (χ1v) is 4.36. The van der Waals surface area contributed by atoms with Crippen molar-refractivity contribution in [2.75, 3.05) is 19.8 Å². The summed E-state index contributed by atoms with van der Waals surface area (Å²) in [5.41, 5.74) is 3.20. The van der Waals surface area contributed by atoms with Gasteiger partial charge in [0.05, 0.1) is 6.61 Å². The third kappa shape index (κ3) is 4.00. The number of rotatable bonds is 2. The molecule has 2 N–H and O–H groups in total. The Bertz CT molecular complexity index is 194. The molecule has 0 radical (unpaired) electrons. The van der Waals surface area contributed by atoms with Crippen LogP contribution in [0, 0.1) is 0 Å². The highest BCUT2D eigenvalue weighted by Gasteiger charge is 2.06. The molecular formula is C8H14N2O3. The summed E-state index contributed by atoms with van der Waals surface area (Å²) in [6.07, 6.45) is 2.55. The Kier molecular flexibility index (Phi) is 4.42. The van der Waals surface area contributed by atoms with Crippen molar-refractivity contribution in [2.24, 2.45) is 5.10 Å². The molecule has 74 valence electrons. The smallest absolute Gasteiger partial charge is 0.265 e. The van der Waals surface area contributed by atoms with E-state index in [1.54, 1.807) is 0 Å². The van der Waals surface area contributed by atoms with Gasteiger partial charge in [-0.05, 0) is 12.8 Å². The second kappa shape index (κ2) is 5.66. The molecule has 1 amide bonds. The third-order valence-corrected chi connectivity index (χ3v) is 1.77. The molecule has 0 saturated carbocycles. The van der Waals surface area contributed by atoms with E-state index in [0.29, 0.717) is 6.61 Å². The lowest BCUT2D eigenvalue weighted by molar-refractivity contribution is -0.123. The molecule has 1 aliphatic rings. The molecule has 5 heteroatoms. The second-order valence-electron chi connectivity index (χ2n) is 2.84. The van der Waals surface area contributed by atoms with Gasteiger partial charge in [-0.3, -0.25) is 4.79 Å². The maximum Gasteiger partial charge on any atom is 0.265 e. The lowest BCUT2D eigenvalue weighted by Gasteiger charge is -2.00. The predicted molar refractivity (Wildman–Crippen MR) is 47.3 cm³/mol. The highest BCUT2D eigenvalue weighted by atomic mass is 16.5. The number of carbonyl (C=O) groups is 1. The zero-order valence-corrected chi connectivity index (χ0v) is 7.45. The van der Waals surface area contributed by atoms with Gasteiger partial charge in [0.1, 0.15) is 6.61 Å². The van der Waals surface area contributed by atoms with Crippen LogP contribution in [0.4, 0.5) is 0 Å². The number of nitrogens with one attached hydrogen (secondary N) is 1.